The third-order valence-corrected chi connectivity index (χ3v) is 5.18. The van der Waals surface area contributed by atoms with Crippen molar-refractivity contribution in [3.05, 3.63) is 0 Å². The summed E-state index contributed by atoms with van der Waals surface area (Å²) in [7, 11) is 0. The van der Waals surface area contributed by atoms with E-state index < -0.39 is 0 Å². The summed E-state index contributed by atoms with van der Waals surface area (Å²) in [6.07, 6.45) is 10.8. The topological polar surface area (TPSA) is 30.5 Å². The fourth-order valence-corrected chi connectivity index (χ4v) is 3.67. The Hall–Kier alpha value is -0.120. The lowest BCUT2D eigenvalue weighted by Gasteiger charge is -2.19. The molecule has 3 unspecified atom stereocenters. The van der Waals surface area contributed by atoms with Crippen molar-refractivity contribution in [2.24, 2.45) is 11.8 Å². The normalized spacial score (nSPS) is 30.7. The zero-order chi connectivity index (χ0) is 14.9. The zero-order valence-electron chi connectivity index (χ0n) is 14.1. The number of hydrogen-bond acceptors (Lipinski definition) is 3. The minimum atomic E-state index is 0.368. The van der Waals surface area contributed by atoms with E-state index in [1.807, 2.05) is 0 Å². The van der Waals surface area contributed by atoms with Crippen molar-refractivity contribution in [2.75, 3.05) is 26.4 Å². The van der Waals surface area contributed by atoms with Crippen LogP contribution in [0.15, 0.2) is 0 Å². The van der Waals surface area contributed by atoms with Crippen molar-refractivity contribution in [3.63, 3.8) is 0 Å². The Labute approximate surface area is 131 Å². The third-order valence-electron chi connectivity index (χ3n) is 5.18. The lowest BCUT2D eigenvalue weighted by atomic mass is 9.89. The van der Waals surface area contributed by atoms with Gasteiger partial charge in [-0.1, -0.05) is 26.7 Å². The van der Waals surface area contributed by atoms with Crippen LogP contribution in [0.5, 0.6) is 0 Å². The third kappa shape index (κ3) is 6.66. The Kier molecular flexibility index (Phi) is 8.05. The first-order valence-corrected chi connectivity index (χ1v) is 9.18. The standard InChI is InChI=1S/C18H35NO2/c1-15(2)16-6-3-7-17(10-9-16)19-11-5-12-20-14-18-8-4-13-21-18/h15-19H,3-14H2,1-2H3. The molecule has 0 aromatic heterocycles. The SMILES string of the molecule is CC(C)C1CCCC(NCCCOCC2CCCO2)CC1. The molecular weight excluding hydrogens is 262 g/mol. The first-order valence-electron chi connectivity index (χ1n) is 9.18. The first-order chi connectivity index (χ1) is 10.3. The summed E-state index contributed by atoms with van der Waals surface area (Å²) in [4.78, 5) is 0. The van der Waals surface area contributed by atoms with Crippen LogP contribution < -0.4 is 5.32 Å². The number of nitrogens with one attached hydrogen (secondary N) is 1. The van der Waals surface area contributed by atoms with Crippen LogP contribution in [0, 0.1) is 11.8 Å². The summed E-state index contributed by atoms with van der Waals surface area (Å²) in [5, 5.41) is 3.74. The molecule has 2 rings (SSSR count). The quantitative estimate of drug-likeness (QED) is 0.546. The van der Waals surface area contributed by atoms with Gasteiger partial charge in [-0.2, -0.15) is 0 Å². The molecule has 1 N–H and O–H groups in total. The molecule has 2 aliphatic rings. The van der Waals surface area contributed by atoms with Gasteiger partial charge in [0.1, 0.15) is 0 Å². The van der Waals surface area contributed by atoms with E-state index in [9.17, 15) is 0 Å². The average Bonchev–Trinajstić information content (AvgIpc) is 2.86. The van der Waals surface area contributed by atoms with Gasteiger partial charge in [0, 0.05) is 19.3 Å². The molecule has 0 bridgehead atoms. The highest BCUT2D eigenvalue weighted by Crippen LogP contribution is 2.28. The van der Waals surface area contributed by atoms with Gasteiger partial charge in [-0.25, -0.2) is 0 Å². The van der Waals surface area contributed by atoms with E-state index in [1.165, 1.54) is 44.9 Å². The Morgan fingerprint density at radius 3 is 2.76 bits per heavy atom. The summed E-state index contributed by atoms with van der Waals surface area (Å²) >= 11 is 0. The van der Waals surface area contributed by atoms with Crippen molar-refractivity contribution in [3.8, 4) is 0 Å². The molecule has 1 saturated carbocycles. The fourth-order valence-electron chi connectivity index (χ4n) is 3.67. The minimum absolute atomic E-state index is 0.368. The zero-order valence-corrected chi connectivity index (χ0v) is 14.1. The second-order valence-electron chi connectivity index (χ2n) is 7.23. The molecule has 0 aromatic carbocycles. The van der Waals surface area contributed by atoms with E-state index in [4.69, 9.17) is 9.47 Å². The molecule has 1 aliphatic carbocycles. The van der Waals surface area contributed by atoms with Crippen LogP contribution in [0.3, 0.4) is 0 Å². The smallest absolute Gasteiger partial charge is 0.0809 e. The van der Waals surface area contributed by atoms with Gasteiger partial charge >= 0.3 is 0 Å². The summed E-state index contributed by atoms with van der Waals surface area (Å²) in [6.45, 7) is 8.44. The largest absolute Gasteiger partial charge is 0.379 e. The molecule has 3 nitrogen and oxygen atoms in total. The summed E-state index contributed by atoms with van der Waals surface area (Å²) in [5.74, 6) is 1.81. The Bertz CT molecular complexity index is 264. The second kappa shape index (κ2) is 9.81. The van der Waals surface area contributed by atoms with E-state index >= 15 is 0 Å². The van der Waals surface area contributed by atoms with Gasteiger partial charge in [-0.3, -0.25) is 0 Å². The second-order valence-corrected chi connectivity index (χ2v) is 7.23. The maximum absolute atomic E-state index is 5.72. The van der Waals surface area contributed by atoms with Crippen molar-refractivity contribution in [1.82, 2.24) is 5.32 Å². The number of hydrogen-bond donors (Lipinski definition) is 1. The van der Waals surface area contributed by atoms with Crippen LogP contribution >= 0.6 is 0 Å². The van der Waals surface area contributed by atoms with Crippen LogP contribution in [-0.4, -0.2) is 38.5 Å². The van der Waals surface area contributed by atoms with Gasteiger partial charge in [0.15, 0.2) is 0 Å². The molecule has 0 aromatic rings. The van der Waals surface area contributed by atoms with Crippen LogP contribution in [0.25, 0.3) is 0 Å². The predicted octanol–water partition coefficient (Wildman–Crippen LogP) is 3.77. The predicted molar refractivity (Wildman–Crippen MR) is 87.6 cm³/mol. The molecule has 0 radical (unpaired) electrons. The van der Waals surface area contributed by atoms with Gasteiger partial charge in [-0.15, -0.1) is 0 Å². The summed E-state index contributed by atoms with van der Waals surface area (Å²) in [5.41, 5.74) is 0. The molecule has 1 aliphatic heterocycles. The summed E-state index contributed by atoms with van der Waals surface area (Å²) < 4.78 is 11.3. The van der Waals surface area contributed by atoms with Crippen molar-refractivity contribution < 1.29 is 9.47 Å². The summed E-state index contributed by atoms with van der Waals surface area (Å²) in [6, 6.07) is 0.743. The molecule has 1 heterocycles. The van der Waals surface area contributed by atoms with Crippen molar-refractivity contribution >= 4 is 0 Å². The van der Waals surface area contributed by atoms with Crippen LogP contribution in [0.1, 0.15) is 65.2 Å². The van der Waals surface area contributed by atoms with Crippen LogP contribution in [-0.2, 0) is 9.47 Å². The minimum Gasteiger partial charge on any atom is -0.379 e. The molecule has 1 saturated heterocycles. The molecule has 21 heavy (non-hydrogen) atoms. The highest BCUT2D eigenvalue weighted by atomic mass is 16.5. The highest BCUT2D eigenvalue weighted by Gasteiger charge is 2.20. The van der Waals surface area contributed by atoms with Crippen LogP contribution in [0.2, 0.25) is 0 Å². The molecule has 3 atom stereocenters. The lowest BCUT2D eigenvalue weighted by molar-refractivity contribution is 0.0165. The van der Waals surface area contributed by atoms with Gasteiger partial charge in [0.2, 0.25) is 0 Å². The Balaban J connectivity index is 1.46. The van der Waals surface area contributed by atoms with E-state index in [0.29, 0.717) is 6.10 Å². The Morgan fingerprint density at radius 1 is 1.10 bits per heavy atom. The van der Waals surface area contributed by atoms with E-state index in [-0.39, 0.29) is 0 Å². The van der Waals surface area contributed by atoms with Gasteiger partial charge < -0.3 is 14.8 Å². The van der Waals surface area contributed by atoms with Crippen molar-refractivity contribution in [1.29, 1.82) is 0 Å². The molecule has 0 amide bonds. The molecule has 2 fully saturated rings. The van der Waals surface area contributed by atoms with Crippen molar-refractivity contribution in [2.45, 2.75) is 77.4 Å². The van der Waals surface area contributed by atoms with Crippen LogP contribution in [0.4, 0.5) is 0 Å². The molecule has 3 heteroatoms. The first kappa shape index (κ1) is 17.2. The average molecular weight is 297 g/mol. The number of ether oxygens (including phenoxy) is 2. The maximum Gasteiger partial charge on any atom is 0.0809 e. The van der Waals surface area contributed by atoms with E-state index in [2.05, 4.69) is 19.2 Å². The van der Waals surface area contributed by atoms with Gasteiger partial charge in [-0.05, 0) is 56.9 Å². The van der Waals surface area contributed by atoms with E-state index in [1.54, 1.807) is 0 Å². The highest BCUT2D eigenvalue weighted by molar-refractivity contribution is 4.76. The molecule has 124 valence electrons. The maximum atomic E-state index is 5.72. The fraction of sp³-hybridized carbons (Fsp3) is 1.00. The van der Waals surface area contributed by atoms with Gasteiger partial charge in [0.05, 0.1) is 12.7 Å². The molecule has 0 spiro atoms. The Morgan fingerprint density at radius 2 is 2.00 bits per heavy atom. The van der Waals surface area contributed by atoms with Gasteiger partial charge in [0.25, 0.3) is 0 Å². The lowest BCUT2D eigenvalue weighted by Crippen LogP contribution is -2.30. The van der Waals surface area contributed by atoms with E-state index in [0.717, 1.165) is 50.7 Å². The molecular formula is C18H35NO2. The number of rotatable bonds is 8. The monoisotopic (exact) mass is 297 g/mol.